The molecule has 1 aromatic rings. The predicted octanol–water partition coefficient (Wildman–Crippen LogP) is 2.94. The summed E-state index contributed by atoms with van der Waals surface area (Å²) >= 11 is 0. The summed E-state index contributed by atoms with van der Waals surface area (Å²) in [5.41, 5.74) is -2.37. The van der Waals surface area contributed by atoms with Crippen LogP contribution in [0.3, 0.4) is 0 Å². The van der Waals surface area contributed by atoms with E-state index in [1.807, 2.05) is 0 Å². The van der Waals surface area contributed by atoms with Crippen molar-refractivity contribution in [2.24, 2.45) is 0 Å². The van der Waals surface area contributed by atoms with Crippen molar-refractivity contribution in [2.75, 3.05) is 5.32 Å². The first kappa shape index (κ1) is 11.8. The number of carbonyl (C=O) groups excluding carboxylic acids is 1. The molecule has 0 saturated heterocycles. The molecule has 92 valence electrons. The number of anilines is 1. The molecule has 0 aliphatic carbocycles. The number of esters is 1. The van der Waals surface area contributed by atoms with Gasteiger partial charge >= 0.3 is 12.1 Å². The van der Waals surface area contributed by atoms with Crippen LogP contribution in [0.1, 0.15) is 23.7 Å². The Balaban J connectivity index is 2.48. The number of hydrogen-bond donors (Lipinski definition) is 1. The van der Waals surface area contributed by atoms with Gasteiger partial charge in [-0.25, -0.2) is 4.79 Å². The van der Waals surface area contributed by atoms with Gasteiger partial charge in [-0.3, -0.25) is 0 Å². The highest BCUT2D eigenvalue weighted by Gasteiger charge is 2.59. The first-order valence-corrected chi connectivity index (χ1v) is 5.07. The Morgan fingerprint density at radius 2 is 2.00 bits per heavy atom. The molecular formula is C11H10F3NO2. The van der Waals surface area contributed by atoms with Crippen molar-refractivity contribution in [1.82, 2.24) is 0 Å². The zero-order chi connectivity index (χ0) is 12.7. The van der Waals surface area contributed by atoms with Crippen LogP contribution in [-0.4, -0.2) is 17.9 Å². The second kappa shape index (κ2) is 3.65. The van der Waals surface area contributed by atoms with Crippen molar-refractivity contribution < 1.29 is 22.7 Å². The highest BCUT2D eigenvalue weighted by molar-refractivity contribution is 5.97. The van der Waals surface area contributed by atoms with E-state index in [9.17, 15) is 18.0 Å². The monoisotopic (exact) mass is 245 g/mol. The molecule has 0 fully saturated rings. The topological polar surface area (TPSA) is 38.3 Å². The summed E-state index contributed by atoms with van der Waals surface area (Å²) in [6.45, 7) is 1.31. The summed E-state index contributed by atoms with van der Waals surface area (Å²) in [4.78, 5) is 11.5. The molecule has 0 saturated carbocycles. The van der Waals surface area contributed by atoms with Crippen LogP contribution in [-0.2, 0) is 4.74 Å². The van der Waals surface area contributed by atoms with Gasteiger partial charge in [0, 0.05) is 6.42 Å². The molecule has 1 aliphatic rings. The lowest BCUT2D eigenvalue weighted by molar-refractivity contribution is -0.249. The smallest absolute Gasteiger partial charge is 0.425 e. The number of benzene rings is 1. The average molecular weight is 245 g/mol. The molecule has 1 aromatic carbocycles. The van der Waals surface area contributed by atoms with Gasteiger partial charge in [0.05, 0.1) is 11.3 Å². The average Bonchev–Trinajstić information content (AvgIpc) is 2.27. The number of para-hydroxylation sites is 1. The summed E-state index contributed by atoms with van der Waals surface area (Å²) in [5, 5.41) is 2.26. The van der Waals surface area contributed by atoms with E-state index >= 15 is 0 Å². The second-order valence-corrected chi connectivity index (χ2v) is 3.74. The molecule has 17 heavy (non-hydrogen) atoms. The Kier molecular flexibility index (Phi) is 2.52. The van der Waals surface area contributed by atoms with Crippen LogP contribution in [0.2, 0.25) is 0 Å². The third-order valence-corrected chi connectivity index (χ3v) is 2.71. The summed E-state index contributed by atoms with van der Waals surface area (Å²) in [7, 11) is 0. The molecule has 1 unspecified atom stereocenters. The van der Waals surface area contributed by atoms with Gasteiger partial charge in [-0.15, -0.1) is 0 Å². The van der Waals surface area contributed by atoms with Crippen LogP contribution in [0, 0.1) is 0 Å². The Morgan fingerprint density at radius 3 is 2.59 bits per heavy atom. The summed E-state index contributed by atoms with van der Waals surface area (Å²) < 4.78 is 43.3. The van der Waals surface area contributed by atoms with E-state index in [-0.39, 0.29) is 11.3 Å². The predicted molar refractivity (Wildman–Crippen MR) is 54.6 cm³/mol. The fraction of sp³-hybridized carbons (Fsp3) is 0.364. The lowest BCUT2D eigenvalue weighted by Crippen LogP contribution is -2.57. The standard InChI is InChI=1S/C11H10F3NO2/c1-2-10(11(12,13)14)15-8-6-4-3-5-7(8)9(16)17-10/h3-6,15H,2H2,1H3. The second-order valence-electron chi connectivity index (χ2n) is 3.74. The molecular weight excluding hydrogens is 235 g/mol. The zero-order valence-corrected chi connectivity index (χ0v) is 8.97. The molecule has 1 heterocycles. The Labute approximate surface area is 95.6 Å². The minimum Gasteiger partial charge on any atom is -0.425 e. The van der Waals surface area contributed by atoms with Gasteiger partial charge in [-0.1, -0.05) is 19.1 Å². The largest absolute Gasteiger partial charge is 0.448 e. The number of rotatable bonds is 1. The van der Waals surface area contributed by atoms with Gasteiger partial charge in [-0.05, 0) is 12.1 Å². The first-order valence-electron chi connectivity index (χ1n) is 5.07. The lowest BCUT2D eigenvalue weighted by atomic mass is 10.0. The number of fused-ring (bicyclic) bond motifs is 1. The van der Waals surface area contributed by atoms with Crippen LogP contribution in [0.5, 0.6) is 0 Å². The Hall–Kier alpha value is -1.72. The van der Waals surface area contributed by atoms with E-state index in [0.717, 1.165) is 0 Å². The summed E-state index contributed by atoms with van der Waals surface area (Å²) in [6.07, 6.45) is -5.05. The van der Waals surface area contributed by atoms with E-state index < -0.39 is 24.3 Å². The molecule has 1 aliphatic heterocycles. The number of ether oxygens (including phenoxy) is 1. The quantitative estimate of drug-likeness (QED) is 0.773. The Bertz CT molecular complexity index is 458. The maximum Gasteiger partial charge on any atom is 0.448 e. The molecule has 0 aromatic heterocycles. The van der Waals surface area contributed by atoms with Gasteiger partial charge in [0.25, 0.3) is 5.72 Å². The number of alkyl halides is 3. The lowest BCUT2D eigenvalue weighted by Gasteiger charge is -2.39. The number of carbonyl (C=O) groups is 1. The van der Waals surface area contributed by atoms with Gasteiger partial charge in [0.2, 0.25) is 0 Å². The third kappa shape index (κ3) is 1.73. The van der Waals surface area contributed by atoms with Gasteiger partial charge < -0.3 is 10.1 Å². The number of cyclic esters (lactones) is 1. The van der Waals surface area contributed by atoms with Crippen molar-refractivity contribution in [3.63, 3.8) is 0 Å². The van der Waals surface area contributed by atoms with Crippen LogP contribution in [0.4, 0.5) is 18.9 Å². The Morgan fingerprint density at radius 1 is 1.35 bits per heavy atom. The van der Waals surface area contributed by atoms with Crippen LogP contribution in [0.25, 0.3) is 0 Å². The van der Waals surface area contributed by atoms with E-state index in [4.69, 9.17) is 0 Å². The maximum atomic E-state index is 12.9. The number of nitrogens with one attached hydrogen (secondary N) is 1. The van der Waals surface area contributed by atoms with E-state index in [2.05, 4.69) is 10.1 Å². The van der Waals surface area contributed by atoms with Crippen LogP contribution >= 0.6 is 0 Å². The van der Waals surface area contributed by atoms with E-state index in [0.29, 0.717) is 0 Å². The summed E-state index contributed by atoms with van der Waals surface area (Å²) in [5.74, 6) is -0.960. The van der Waals surface area contributed by atoms with Crippen LogP contribution in [0.15, 0.2) is 24.3 Å². The molecule has 0 amide bonds. The minimum atomic E-state index is -4.66. The molecule has 3 nitrogen and oxygen atoms in total. The third-order valence-electron chi connectivity index (χ3n) is 2.71. The van der Waals surface area contributed by atoms with Gasteiger partial charge in [0.1, 0.15) is 0 Å². The molecule has 6 heteroatoms. The molecule has 2 rings (SSSR count). The molecule has 0 spiro atoms. The highest BCUT2D eigenvalue weighted by Crippen LogP contribution is 2.41. The van der Waals surface area contributed by atoms with Crippen molar-refractivity contribution >= 4 is 11.7 Å². The molecule has 1 N–H and O–H groups in total. The van der Waals surface area contributed by atoms with Crippen molar-refractivity contribution in [1.29, 1.82) is 0 Å². The SMILES string of the molecule is CCC1(C(F)(F)F)Nc2ccccc2C(=O)O1. The molecule has 0 bridgehead atoms. The summed E-state index contributed by atoms with van der Waals surface area (Å²) in [6, 6.07) is 5.96. The molecule has 1 atom stereocenters. The highest BCUT2D eigenvalue weighted by atomic mass is 19.4. The fourth-order valence-corrected chi connectivity index (χ4v) is 1.72. The fourth-order valence-electron chi connectivity index (χ4n) is 1.72. The normalized spacial score (nSPS) is 23.6. The van der Waals surface area contributed by atoms with E-state index in [1.165, 1.54) is 19.1 Å². The van der Waals surface area contributed by atoms with Gasteiger partial charge in [-0.2, -0.15) is 13.2 Å². The maximum absolute atomic E-state index is 12.9. The van der Waals surface area contributed by atoms with Crippen molar-refractivity contribution in [2.45, 2.75) is 25.2 Å². The number of halogens is 3. The zero-order valence-electron chi connectivity index (χ0n) is 8.97. The minimum absolute atomic E-state index is 0.112. The van der Waals surface area contributed by atoms with Crippen molar-refractivity contribution in [3.05, 3.63) is 29.8 Å². The number of hydrogen-bond acceptors (Lipinski definition) is 3. The first-order chi connectivity index (χ1) is 7.89. The molecule has 0 radical (unpaired) electrons. The van der Waals surface area contributed by atoms with Crippen LogP contribution < -0.4 is 5.32 Å². The van der Waals surface area contributed by atoms with Crippen molar-refractivity contribution in [3.8, 4) is 0 Å². The van der Waals surface area contributed by atoms with E-state index in [1.54, 1.807) is 12.1 Å². The van der Waals surface area contributed by atoms with Gasteiger partial charge in [0.15, 0.2) is 0 Å².